The van der Waals surface area contributed by atoms with Gasteiger partial charge in [0, 0.05) is 24.3 Å². The lowest BCUT2D eigenvalue weighted by atomic mass is 9.90. The van der Waals surface area contributed by atoms with Crippen LogP contribution in [0.3, 0.4) is 0 Å². The summed E-state index contributed by atoms with van der Waals surface area (Å²) >= 11 is 0. The Morgan fingerprint density at radius 2 is 1.95 bits per heavy atom. The number of anilines is 1. The average Bonchev–Trinajstić information content (AvgIpc) is 2.36. The number of halogens is 1. The smallest absolute Gasteiger partial charge is 0.243 e. The Morgan fingerprint density at radius 1 is 1.30 bits per heavy atom. The van der Waals surface area contributed by atoms with Crippen molar-refractivity contribution in [2.45, 2.75) is 32.1 Å². The van der Waals surface area contributed by atoms with Gasteiger partial charge in [-0.3, -0.25) is 0 Å². The molecule has 0 aliphatic carbocycles. The van der Waals surface area contributed by atoms with Crippen molar-refractivity contribution in [1.29, 1.82) is 0 Å². The van der Waals surface area contributed by atoms with Crippen LogP contribution >= 0.6 is 0 Å². The zero-order valence-corrected chi connectivity index (χ0v) is 12.9. The van der Waals surface area contributed by atoms with Crippen LogP contribution in [0.2, 0.25) is 0 Å². The summed E-state index contributed by atoms with van der Waals surface area (Å²) in [5, 5.41) is 0. The van der Waals surface area contributed by atoms with E-state index in [0.29, 0.717) is 24.9 Å². The molecule has 2 N–H and O–H groups in total. The van der Waals surface area contributed by atoms with Crippen molar-refractivity contribution >= 4 is 15.7 Å². The lowest BCUT2D eigenvalue weighted by molar-refractivity contribution is 0.212. The zero-order valence-electron chi connectivity index (χ0n) is 12.1. The summed E-state index contributed by atoms with van der Waals surface area (Å²) in [7, 11) is -3.68. The second kappa shape index (κ2) is 5.33. The molecule has 1 aromatic rings. The van der Waals surface area contributed by atoms with E-state index in [9.17, 15) is 12.8 Å². The molecule has 0 radical (unpaired) electrons. The summed E-state index contributed by atoms with van der Waals surface area (Å²) in [5.41, 5.74) is 5.84. The van der Waals surface area contributed by atoms with Crippen molar-refractivity contribution < 1.29 is 12.8 Å². The van der Waals surface area contributed by atoms with Crippen LogP contribution in [0.4, 0.5) is 10.1 Å². The summed E-state index contributed by atoms with van der Waals surface area (Å²) in [6, 6.07) is 2.49. The SMILES string of the molecule is Cc1c(F)cc(N)cc1S(=O)(=O)N1CCC(C)C(C)C1. The number of piperidine rings is 1. The predicted octanol–water partition coefficient (Wildman–Crippen LogP) is 2.38. The maximum atomic E-state index is 13.7. The number of nitrogens with two attached hydrogens (primary N) is 1. The number of nitrogens with zero attached hydrogens (tertiary/aromatic N) is 1. The number of sulfonamides is 1. The minimum absolute atomic E-state index is 0.0169. The first-order valence-electron chi connectivity index (χ1n) is 6.79. The topological polar surface area (TPSA) is 63.4 Å². The molecule has 2 unspecified atom stereocenters. The Balaban J connectivity index is 2.41. The van der Waals surface area contributed by atoms with Gasteiger partial charge in [-0.1, -0.05) is 13.8 Å². The molecule has 1 saturated heterocycles. The van der Waals surface area contributed by atoms with Gasteiger partial charge in [0.1, 0.15) is 5.82 Å². The molecule has 2 atom stereocenters. The van der Waals surface area contributed by atoms with E-state index in [1.54, 1.807) is 0 Å². The third kappa shape index (κ3) is 2.67. The third-order valence-corrected chi connectivity index (χ3v) is 6.23. The molecule has 0 bridgehead atoms. The fraction of sp³-hybridized carbons (Fsp3) is 0.571. The van der Waals surface area contributed by atoms with Crippen LogP contribution in [0.5, 0.6) is 0 Å². The highest BCUT2D eigenvalue weighted by molar-refractivity contribution is 7.89. The van der Waals surface area contributed by atoms with Crippen LogP contribution in [0.25, 0.3) is 0 Å². The van der Waals surface area contributed by atoms with E-state index >= 15 is 0 Å². The first-order chi connectivity index (χ1) is 9.23. The standard InChI is InChI=1S/C14H21FN2O2S/c1-9-4-5-17(8-10(9)2)20(18,19)14-7-12(16)6-13(15)11(14)3/h6-7,9-10H,4-5,8,16H2,1-3H3. The second-order valence-electron chi connectivity index (χ2n) is 5.73. The molecule has 0 spiro atoms. The van der Waals surface area contributed by atoms with Gasteiger partial charge in [-0.15, -0.1) is 0 Å². The highest BCUT2D eigenvalue weighted by Crippen LogP contribution is 2.30. The Bertz CT molecular complexity index is 616. The van der Waals surface area contributed by atoms with Gasteiger partial charge < -0.3 is 5.73 Å². The lowest BCUT2D eigenvalue weighted by Crippen LogP contribution is -2.42. The molecular weight excluding hydrogens is 279 g/mol. The Hall–Kier alpha value is -1.14. The molecule has 6 heteroatoms. The van der Waals surface area contributed by atoms with Crippen LogP contribution in [-0.4, -0.2) is 25.8 Å². The summed E-state index contributed by atoms with van der Waals surface area (Å²) in [6.07, 6.45) is 0.824. The molecule has 0 amide bonds. The van der Waals surface area contributed by atoms with Crippen molar-refractivity contribution in [3.63, 3.8) is 0 Å². The van der Waals surface area contributed by atoms with Crippen molar-refractivity contribution in [2.24, 2.45) is 11.8 Å². The van der Waals surface area contributed by atoms with Crippen molar-refractivity contribution in [3.05, 3.63) is 23.5 Å². The fourth-order valence-corrected chi connectivity index (χ4v) is 4.35. The molecule has 0 saturated carbocycles. The second-order valence-corrected chi connectivity index (χ2v) is 7.64. The summed E-state index contributed by atoms with van der Waals surface area (Å²) in [6.45, 7) is 6.58. The van der Waals surface area contributed by atoms with Crippen LogP contribution in [-0.2, 0) is 10.0 Å². The Labute approximate surface area is 119 Å². The van der Waals surface area contributed by atoms with E-state index in [0.717, 1.165) is 12.5 Å². The number of nitrogen functional groups attached to an aromatic ring is 1. The molecule has 112 valence electrons. The van der Waals surface area contributed by atoms with Gasteiger partial charge in [0.15, 0.2) is 0 Å². The zero-order chi connectivity index (χ0) is 15.1. The van der Waals surface area contributed by atoms with Gasteiger partial charge in [-0.25, -0.2) is 12.8 Å². The molecule has 2 rings (SSSR count). The van der Waals surface area contributed by atoms with E-state index in [1.807, 2.05) is 6.92 Å². The largest absolute Gasteiger partial charge is 0.399 e. The van der Waals surface area contributed by atoms with Crippen molar-refractivity contribution in [2.75, 3.05) is 18.8 Å². The van der Waals surface area contributed by atoms with Crippen molar-refractivity contribution in [3.8, 4) is 0 Å². The Kier molecular flexibility index (Phi) is 4.07. The highest BCUT2D eigenvalue weighted by atomic mass is 32.2. The first-order valence-corrected chi connectivity index (χ1v) is 8.23. The molecule has 20 heavy (non-hydrogen) atoms. The lowest BCUT2D eigenvalue weighted by Gasteiger charge is -2.34. The minimum Gasteiger partial charge on any atom is -0.399 e. The average molecular weight is 300 g/mol. The molecule has 4 nitrogen and oxygen atoms in total. The molecule has 0 aromatic heterocycles. The quantitative estimate of drug-likeness (QED) is 0.853. The molecule has 1 heterocycles. The molecule has 1 aromatic carbocycles. The fourth-order valence-electron chi connectivity index (χ4n) is 2.52. The molecule has 1 aliphatic rings. The Morgan fingerprint density at radius 3 is 2.55 bits per heavy atom. The van der Waals surface area contributed by atoms with E-state index in [2.05, 4.69) is 6.92 Å². The third-order valence-electron chi connectivity index (χ3n) is 4.23. The normalized spacial score (nSPS) is 24.8. The van der Waals surface area contributed by atoms with Crippen LogP contribution in [0.1, 0.15) is 25.8 Å². The van der Waals surface area contributed by atoms with Crippen molar-refractivity contribution in [1.82, 2.24) is 4.31 Å². The van der Waals surface area contributed by atoms with E-state index in [-0.39, 0.29) is 16.1 Å². The van der Waals surface area contributed by atoms with Crippen LogP contribution < -0.4 is 5.73 Å². The number of hydrogen-bond donors (Lipinski definition) is 1. The van der Waals surface area contributed by atoms with Crippen LogP contribution in [0, 0.1) is 24.6 Å². The summed E-state index contributed by atoms with van der Waals surface area (Å²) in [4.78, 5) is -0.0169. The maximum Gasteiger partial charge on any atom is 0.243 e. The highest BCUT2D eigenvalue weighted by Gasteiger charge is 2.33. The van der Waals surface area contributed by atoms with Gasteiger partial charge in [-0.2, -0.15) is 4.31 Å². The van der Waals surface area contributed by atoms with Crippen LogP contribution in [0.15, 0.2) is 17.0 Å². The summed E-state index contributed by atoms with van der Waals surface area (Å²) in [5.74, 6) is 0.215. The monoisotopic (exact) mass is 300 g/mol. The van der Waals surface area contributed by atoms with Gasteiger partial charge >= 0.3 is 0 Å². The maximum absolute atomic E-state index is 13.7. The minimum atomic E-state index is -3.68. The molecule has 1 fully saturated rings. The molecular formula is C14H21FN2O2S. The first kappa shape index (κ1) is 15.3. The number of hydrogen-bond acceptors (Lipinski definition) is 3. The molecule has 1 aliphatic heterocycles. The van der Waals surface area contributed by atoms with Gasteiger partial charge in [0.25, 0.3) is 0 Å². The van der Waals surface area contributed by atoms with E-state index < -0.39 is 15.8 Å². The van der Waals surface area contributed by atoms with E-state index in [4.69, 9.17) is 5.73 Å². The predicted molar refractivity (Wildman–Crippen MR) is 77.3 cm³/mol. The van der Waals surface area contributed by atoms with Gasteiger partial charge in [0.2, 0.25) is 10.0 Å². The number of benzene rings is 1. The van der Waals surface area contributed by atoms with Gasteiger partial charge in [0.05, 0.1) is 4.90 Å². The van der Waals surface area contributed by atoms with E-state index in [1.165, 1.54) is 17.3 Å². The van der Waals surface area contributed by atoms with Gasteiger partial charge in [-0.05, 0) is 37.3 Å². The number of rotatable bonds is 2. The summed E-state index contributed by atoms with van der Waals surface area (Å²) < 4.78 is 40.5.